The number of hydrogen-bond acceptors (Lipinski definition) is 4. The van der Waals surface area contributed by atoms with Crippen molar-refractivity contribution in [2.24, 2.45) is 0 Å². The SMILES string of the molecule is CNc1ccc2c(c1)c(=O)n(Cc1ccccc1)c1nnc(C3CCCC3)n21. The van der Waals surface area contributed by atoms with E-state index in [1.54, 1.807) is 4.57 Å². The average molecular weight is 373 g/mol. The van der Waals surface area contributed by atoms with Gasteiger partial charge in [0.25, 0.3) is 5.56 Å². The zero-order chi connectivity index (χ0) is 19.1. The van der Waals surface area contributed by atoms with Gasteiger partial charge in [0.1, 0.15) is 5.82 Å². The Morgan fingerprint density at radius 1 is 1.07 bits per heavy atom. The lowest BCUT2D eigenvalue weighted by Crippen LogP contribution is -2.24. The standard InChI is InChI=1S/C22H23N5O/c1-23-17-11-12-19-18(13-17)21(28)26(14-15-7-3-2-4-8-15)22-25-24-20(27(19)22)16-9-5-6-10-16/h2-4,7-8,11-13,16,23H,5-6,9-10,14H2,1H3. The van der Waals surface area contributed by atoms with E-state index in [-0.39, 0.29) is 5.56 Å². The lowest BCUT2D eigenvalue weighted by atomic mass is 10.1. The van der Waals surface area contributed by atoms with Gasteiger partial charge in [-0.3, -0.25) is 13.8 Å². The summed E-state index contributed by atoms with van der Waals surface area (Å²) in [6.45, 7) is 0.478. The van der Waals surface area contributed by atoms with Crippen LogP contribution in [0.4, 0.5) is 5.69 Å². The third-order valence-corrected chi connectivity index (χ3v) is 5.82. The first kappa shape index (κ1) is 17.0. The third kappa shape index (κ3) is 2.68. The Bertz CT molecular complexity index is 1200. The number of fused-ring (bicyclic) bond motifs is 3. The maximum Gasteiger partial charge on any atom is 0.263 e. The van der Waals surface area contributed by atoms with Crippen molar-refractivity contribution in [3.05, 3.63) is 70.3 Å². The van der Waals surface area contributed by atoms with Gasteiger partial charge in [-0.25, -0.2) is 0 Å². The minimum Gasteiger partial charge on any atom is -0.388 e. The minimum absolute atomic E-state index is 0.0335. The Morgan fingerprint density at radius 3 is 2.61 bits per heavy atom. The topological polar surface area (TPSA) is 64.2 Å². The van der Waals surface area contributed by atoms with Crippen molar-refractivity contribution in [1.29, 1.82) is 0 Å². The predicted octanol–water partition coefficient (Wildman–Crippen LogP) is 3.79. The van der Waals surface area contributed by atoms with Crippen LogP contribution in [-0.2, 0) is 6.54 Å². The fourth-order valence-electron chi connectivity index (χ4n) is 4.34. The number of nitrogens with one attached hydrogen (secondary N) is 1. The fraction of sp³-hybridized carbons (Fsp3) is 0.318. The van der Waals surface area contributed by atoms with E-state index in [1.807, 2.05) is 55.6 Å². The number of aromatic nitrogens is 4. The number of nitrogens with zero attached hydrogens (tertiary/aromatic N) is 4. The second-order valence-electron chi connectivity index (χ2n) is 7.53. The van der Waals surface area contributed by atoms with E-state index < -0.39 is 0 Å². The number of benzene rings is 2. The molecule has 1 fully saturated rings. The number of rotatable bonds is 4. The van der Waals surface area contributed by atoms with Crippen LogP contribution in [0.15, 0.2) is 53.3 Å². The molecule has 0 saturated heterocycles. The summed E-state index contributed by atoms with van der Waals surface area (Å²) in [4.78, 5) is 13.4. The van der Waals surface area contributed by atoms with Crippen molar-refractivity contribution < 1.29 is 0 Å². The average Bonchev–Trinajstić information content (AvgIpc) is 3.41. The van der Waals surface area contributed by atoms with Crippen LogP contribution in [0.2, 0.25) is 0 Å². The molecule has 0 aliphatic heterocycles. The van der Waals surface area contributed by atoms with Crippen molar-refractivity contribution in [2.75, 3.05) is 12.4 Å². The lowest BCUT2D eigenvalue weighted by molar-refractivity contribution is 0.660. The molecule has 6 nitrogen and oxygen atoms in total. The molecule has 2 aromatic carbocycles. The summed E-state index contributed by atoms with van der Waals surface area (Å²) >= 11 is 0. The van der Waals surface area contributed by atoms with E-state index in [0.717, 1.165) is 35.4 Å². The molecule has 1 N–H and O–H groups in total. The predicted molar refractivity (Wildman–Crippen MR) is 111 cm³/mol. The minimum atomic E-state index is -0.0335. The van der Waals surface area contributed by atoms with Gasteiger partial charge in [-0.1, -0.05) is 43.2 Å². The summed E-state index contributed by atoms with van der Waals surface area (Å²) in [6, 6.07) is 16.0. The van der Waals surface area contributed by atoms with Crippen molar-refractivity contribution in [3.8, 4) is 0 Å². The second-order valence-corrected chi connectivity index (χ2v) is 7.53. The van der Waals surface area contributed by atoms with E-state index in [9.17, 15) is 4.79 Å². The van der Waals surface area contributed by atoms with Gasteiger partial charge in [0.2, 0.25) is 5.78 Å². The fourth-order valence-corrected chi connectivity index (χ4v) is 4.34. The van der Waals surface area contributed by atoms with Crippen LogP contribution in [0.25, 0.3) is 16.7 Å². The van der Waals surface area contributed by atoms with Gasteiger partial charge < -0.3 is 5.32 Å². The highest BCUT2D eigenvalue weighted by molar-refractivity contribution is 5.84. The van der Waals surface area contributed by atoms with Gasteiger partial charge in [-0.2, -0.15) is 0 Å². The van der Waals surface area contributed by atoms with Gasteiger partial charge in [-0.05, 0) is 36.6 Å². The lowest BCUT2D eigenvalue weighted by Gasteiger charge is -2.14. The summed E-state index contributed by atoms with van der Waals surface area (Å²) in [5, 5.41) is 12.9. The Kier molecular flexibility index (Phi) is 4.11. The normalized spacial score (nSPS) is 14.9. The molecule has 0 unspecified atom stereocenters. The molecule has 4 aromatic rings. The number of hydrogen-bond donors (Lipinski definition) is 1. The van der Waals surface area contributed by atoms with Crippen LogP contribution in [0.5, 0.6) is 0 Å². The second kappa shape index (κ2) is 6.78. The van der Waals surface area contributed by atoms with Crippen molar-refractivity contribution in [3.63, 3.8) is 0 Å². The summed E-state index contributed by atoms with van der Waals surface area (Å²) in [7, 11) is 1.87. The monoisotopic (exact) mass is 373 g/mol. The molecule has 5 rings (SSSR count). The first-order valence-electron chi connectivity index (χ1n) is 9.89. The van der Waals surface area contributed by atoms with Crippen LogP contribution in [-0.4, -0.2) is 26.2 Å². The highest BCUT2D eigenvalue weighted by Crippen LogP contribution is 2.34. The molecule has 1 saturated carbocycles. The first-order valence-corrected chi connectivity index (χ1v) is 9.89. The van der Waals surface area contributed by atoms with Crippen LogP contribution in [0.1, 0.15) is 43.0 Å². The zero-order valence-corrected chi connectivity index (χ0v) is 15.9. The molecular weight excluding hydrogens is 350 g/mol. The summed E-state index contributed by atoms with van der Waals surface area (Å²) < 4.78 is 3.86. The molecule has 142 valence electrons. The van der Waals surface area contributed by atoms with Crippen LogP contribution < -0.4 is 10.9 Å². The molecule has 0 radical (unpaired) electrons. The van der Waals surface area contributed by atoms with E-state index in [0.29, 0.717) is 23.6 Å². The Labute approximate surface area is 162 Å². The molecule has 2 aromatic heterocycles. The third-order valence-electron chi connectivity index (χ3n) is 5.82. The van der Waals surface area contributed by atoms with Crippen molar-refractivity contribution in [2.45, 2.75) is 38.1 Å². The van der Waals surface area contributed by atoms with Gasteiger partial charge >= 0.3 is 0 Å². The molecule has 28 heavy (non-hydrogen) atoms. The van der Waals surface area contributed by atoms with Crippen LogP contribution in [0, 0.1) is 0 Å². The van der Waals surface area contributed by atoms with Crippen molar-refractivity contribution in [1.82, 2.24) is 19.2 Å². The maximum absolute atomic E-state index is 13.4. The quantitative estimate of drug-likeness (QED) is 0.591. The highest BCUT2D eigenvalue weighted by Gasteiger charge is 2.25. The number of anilines is 1. The molecule has 1 aliphatic rings. The van der Waals surface area contributed by atoms with Crippen LogP contribution >= 0.6 is 0 Å². The Morgan fingerprint density at radius 2 is 1.86 bits per heavy atom. The molecule has 0 amide bonds. The molecule has 6 heteroatoms. The van der Waals surface area contributed by atoms with Crippen LogP contribution in [0.3, 0.4) is 0 Å². The molecule has 2 heterocycles. The van der Waals surface area contributed by atoms with Gasteiger partial charge in [0, 0.05) is 18.7 Å². The van der Waals surface area contributed by atoms with E-state index >= 15 is 0 Å². The Balaban J connectivity index is 1.81. The Hall–Kier alpha value is -3.15. The maximum atomic E-state index is 13.4. The zero-order valence-electron chi connectivity index (χ0n) is 15.9. The molecule has 0 bridgehead atoms. The van der Waals surface area contributed by atoms with E-state index in [4.69, 9.17) is 0 Å². The molecule has 0 spiro atoms. The van der Waals surface area contributed by atoms with E-state index in [2.05, 4.69) is 19.9 Å². The smallest absolute Gasteiger partial charge is 0.263 e. The highest BCUT2D eigenvalue weighted by atomic mass is 16.1. The van der Waals surface area contributed by atoms with Crippen molar-refractivity contribution >= 4 is 22.4 Å². The van der Waals surface area contributed by atoms with E-state index in [1.165, 1.54) is 12.8 Å². The molecule has 0 atom stereocenters. The first-order chi connectivity index (χ1) is 13.8. The molecule has 1 aliphatic carbocycles. The largest absolute Gasteiger partial charge is 0.388 e. The summed E-state index contributed by atoms with van der Waals surface area (Å²) in [5.74, 6) is 2.02. The van der Waals surface area contributed by atoms with Gasteiger partial charge in [0.15, 0.2) is 0 Å². The summed E-state index contributed by atoms with van der Waals surface area (Å²) in [5.41, 5.74) is 2.84. The summed E-state index contributed by atoms with van der Waals surface area (Å²) in [6.07, 6.45) is 4.72. The van der Waals surface area contributed by atoms with Gasteiger partial charge in [-0.15, -0.1) is 10.2 Å². The van der Waals surface area contributed by atoms with Gasteiger partial charge in [0.05, 0.1) is 17.4 Å². The molecular formula is C22H23N5O.